The number of methoxy groups -OCH3 is 1. The molecule has 2 aromatic carbocycles. The van der Waals surface area contributed by atoms with E-state index in [2.05, 4.69) is 10.6 Å². The van der Waals surface area contributed by atoms with Crippen LogP contribution in [-0.2, 0) is 27.2 Å². The second-order valence-electron chi connectivity index (χ2n) is 7.03. The quantitative estimate of drug-likeness (QED) is 0.281. The average molecular weight is 429 g/mol. The number of hydrogen-bond acceptors (Lipinski definition) is 6. The molecule has 2 aromatic rings. The molecule has 0 fully saturated rings. The summed E-state index contributed by atoms with van der Waals surface area (Å²) in [6.07, 6.45) is 0.155. The minimum Gasteiger partial charge on any atom is -0.508 e. The maximum absolute atomic E-state index is 13.0. The molecule has 0 radical (unpaired) electrons. The summed E-state index contributed by atoms with van der Waals surface area (Å²) in [7, 11) is 3.03. The maximum Gasteiger partial charge on any atom is 0.244 e. The van der Waals surface area contributed by atoms with E-state index in [0.29, 0.717) is 5.75 Å². The standard InChI is InChI=1S/C22H27N3O6/c1-23-22(29)19(12-15-5-9-18(31-2)10-6-15)24-21(28)16(13-20(27)25-30)11-14-3-7-17(26)8-4-14/h3-10,16,19,26,30H,11-13H2,1-2H3,(H,23,29)(H,24,28)(H,25,27)/t16-,19+/m1/s1. The minimum absolute atomic E-state index is 0.0806. The fraction of sp³-hybridized carbons (Fsp3) is 0.318. The number of phenols is 1. The maximum atomic E-state index is 13.0. The van der Waals surface area contributed by atoms with Gasteiger partial charge in [0.05, 0.1) is 13.0 Å². The second-order valence-corrected chi connectivity index (χ2v) is 7.03. The molecule has 0 aliphatic rings. The largest absolute Gasteiger partial charge is 0.508 e. The number of rotatable bonds is 10. The first-order valence-electron chi connectivity index (χ1n) is 9.72. The van der Waals surface area contributed by atoms with Crippen LogP contribution in [-0.4, -0.2) is 48.2 Å². The van der Waals surface area contributed by atoms with Gasteiger partial charge in [-0.1, -0.05) is 24.3 Å². The van der Waals surface area contributed by atoms with Crippen molar-refractivity contribution in [3.05, 3.63) is 59.7 Å². The van der Waals surface area contributed by atoms with Crippen molar-refractivity contribution in [3.8, 4) is 11.5 Å². The molecule has 0 aromatic heterocycles. The Hall–Kier alpha value is -3.59. The highest BCUT2D eigenvalue weighted by molar-refractivity contribution is 5.90. The van der Waals surface area contributed by atoms with Gasteiger partial charge >= 0.3 is 0 Å². The summed E-state index contributed by atoms with van der Waals surface area (Å²) in [6, 6.07) is 12.5. The van der Waals surface area contributed by atoms with Crippen LogP contribution in [0.2, 0.25) is 0 Å². The molecule has 9 nitrogen and oxygen atoms in total. The van der Waals surface area contributed by atoms with E-state index in [1.165, 1.54) is 24.7 Å². The van der Waals surface area contributed by atoms with Crippen LogP contribution in [0.5, 0.6) is 11.5 Å². The van der Waals surface area contributed by atoms with Crippen LogP contribution in [0.4, 0.5) is 0 Å². The summed E-state index contributed by atoms with van der Waals surface area (Å²) in [5.41, 5.74) is 3.07. The van der Waals surface area contributed by atoms with Crippen molar-refractivity contribution >= 4 is 17.7 Å². The monoisotopic (exact) mass is 429 g/mol. The lowest BCUT2D eigenvalue weighted by Gasteiger charge is -2.22. The van der Waals surface area contributed by atoms with Crippen molar-refractivity contribution in [1.29, 1.82) is 0 Å². The molecule has 9 heteroatoms. The molecule has 0 aliphatic heterocycles. The highest BCUT2D eigenvalue weighted by atomic mass is 16.5. The predicted molar refractivity (Wildman–Crippen MR) is 113 cm³/mol. The Balaban J connectivity index is 2.17. The number of likely N-dealkylation sites (N-methyl/N-ethyl adjacent to an activating group) is 1. The van der Waals surface area contributed by atoms with Gasteiger partial charge in [-0.3, -0.25) is 19.6 Å². The van der Waals surface area contributed by atoms with E-state index in [1.807, 2.05) is 0 Å². The zero-order valence-corrected chi connectivity index (χ0v) is 17.4. The Morgan fingerprint density at radius 2 is 1.52 bits per heavy atom. The Kier molecular flexibility index (Phi) is 8.83. The summed E-state index contributed by atoms with van der Waals surface area (Å²) in [6.45, 7) is 0. The van der Waals surface area contributed by atoms with Crippen molar-refractivity contribution in [1.82, 2.24) is 16.1 Å². The topological polar surface area (TPSA) is 137 Å². The number of carbonyl (C=O) groups is 3. The Bertz CT molecular complexity index is 883. The molecule has 2 rings (SSSR count). The SMILES string of the molecule is CNC(=O)[C@H](Cc1ccc(OC)cc1)NC(=O)[C@@H](CC(=O)NO)Cc1ccc(O)cc1. The molecule has 0 unspecified atom stereocenters. The Labute approximate surface area is 180 Å². The van der Waals surface area contributed by atoms with Crippen LogP contribution in [0.15, 0.2) is 48.5 Å². The number of benzene rings is 2. The van der Waals surface area contributed by atoms with Crippen molar-refractivity contribution in [2.24, 2.45) is 5.92 Å². The molecule has 0 saturated carbocycles. The Morgan fingerprint density at radius 3 is 2.06 bits per heavy atom. The molecule has 31 heavy (non-hydrogen) atoms. The number of ether oxygens (including phenoxy) is 1. The molecule has 166 valence electrons. The van der Waals surface area contributed by atoms with Crippen LogP contribution in [0, 0.1) is 5.92 Å². The number of amides is 3. The fourth-order valence-electron chi connectivity index (χ4n) is 3.11. The third kappa shape index (κ3) is 7.31. The van der Waals surface area contributed by atoms with E-state index in [-0.39, 0.29) is 30.9 Å². The highest BCUT2D eigenvalue weighted by Crippen LogP contribution is 2.17. The molecule has 0 heterocycles. The number of nitrogens with one attached hydrogen (secondary N) is 3. The van der Waals surface area contributed by atoms with Crippen molar-refractivity contribution in [2.75, 3.05) is 14.2 Å². The summed E-state index contributed by atoms with van der Waals surface area (Å²) in [4.78, 5) is 37.1. The molecule has 0 bridgehead atoms. The van der Waals surface area contributed by atoms with Gasteiger partial charge in [-0.2, -0.15) is 0 Å². The first kappa shape index (κ1) is 23.7. The average Bonchev–Trinajstić information content (AvgIpc) is 2.79. The molecular formula is C22H27N3O6. The zero-order valence-electron chi connectivity index (χ0n) is 17.4. The van der Waals surface area contributed by atoms with Crippen LogP contribution >= 0.6 is 0 Å². The highest BCUT2D eigenvalue weighted by Gasteiger charge is 2.27. The summed E-state index contributed by atoms with van der Waals surface area (Å²) < 4.78 is 5.13. The summed E-state index contributed by atoms with van der Waals surface area (Å²) in [5.74, 6) is -1.67. The van der Waals surface area contributed by atoms with Crippen LogP contribution in [0.1, 0.15) is 17.5 Å². The lowest BCUT2D eigenvalue weighted by molar-refractivity contribution is -0.136. The van der Waals surface area contributed by atoms with E-state index in [1.54, 1.807) is 43.5 Å². The normalized spacial score (nSPS) is 12.4. The predicted octanol–water partition coefficient (Wildman–Crippen LogP) is 0.929. The van der Waals surface area contributed by atoms with Crippen molar-refractivity contribution in [3.63, 3.8) is 0 Å². The third-order valence-corrected chi connectivity index (χ3v) is 4.82. The van der Waals surface area contributed by atoms with Gasteiger partial charge in [0.1, 0.15) is 17.5 Å². The summed E-state index contributed by atoms with van der Waals surface area (Å²) >= 11 is 0. The van der Waals surface area contributed by atoms with E-state index < -0.39 is 23.8 Å². The zero-order chi connectivity index (χ0) is 22.8. The molecule has 3 amide bonds. The lowest BCUT2D eigenvalue weighted by Crippen LogP contribution is -2.49. The minimum atomic E-state index is -0.856. The molecule has 0 saturated heterocycles. The number of carbonyl (C=O) groups excluding carboxylic acids is 3. The first-order valence-corrected chi connectivity index (χ1v) is 9.72. The van der Waals surface area contributed by atoms with Gasteiger partial charge < -0.3 is 20.5 Å². The van der Waals surface area contributed by atoms with Crippen LogP contribution < -0.4 is 20.9 Å². The smallest absolute Gasteiger partial charge is 0.244 e. The molecular weight excluding hydrogens is 402 g/mol. The van der Waals surface area contributed by atoms with Gasteiger partial charge in [0.15, 0.2) is 0 Å². The van der Waals surface area contributed by atoms with Crippen molar-refractivity contribution in [2.45, 2.75) is 25.3 Å². The van der Waals surface area contributed by atoms with Gasteiger partial charge in [-0.05, 0) is 41.8 Å². The van der Waals surface area contributed by atoms with Crippen LogP contribution in [0.3, 0.4) is 0 Å². The van der Waals surface area contributed by atoms with Crippen molar-refractivity contribution < 1.29 is 29.4 Å². The van der Waals surface area contributed by atoms with E-state index >= 15 is 0 Å². The first-order chi connectivity index (χ1) is 14.9. The molecule has 2 atom stereocenters. The van der Waals surface area contributed by atoms with Gasteiger partial charge in [0.25, 0.3) is 0 Å². The van der Waals surface area contributed by atoms with E-state index in [0.717, 1.165) is 11.1 Å². The number of phenolic OH excluding ortho intramolecular Hbond substituents is 1. The van der Waals surface area contributed by atoms with E-state index in [9.17, 15) is 19.5 Å². The van der Waals surface area contributed by atoms with Gasteiger partial charge in [0.2, 0.25) is 17.7 Å². The number of hydroxylamine groups is 1. The molecule has 0 spiro atoms. The van der Waals surface area contributed by atoms with Gasteiger partial charge in [-0.15, -0.1) is 0 Å². The van der Waals surface area contributed by atoms with E-state index in [4.69, 9.17) is 9.94 Å². The number of hydrogen-bond donors (Lipinski definition) is 5. The van der Waals surface area contributed by atoms with Gasteiger partial charge in [-0.25, -0.2) is 5.48 Å². The fourth-order valence-corrected chi connectivity index (χ4v) is 3.11. The molecule has 0 aliphatic carbocycles. The summed E-state index contributed by atoms with van der Waals surface area (Å²) in [5, 5.41) is 23.6. The lowest BCUT2D eigenvalue weighted by atomic mass is 9.94. The van der Waals surface area contributed by atoms with Gasteiger partial charge in [0, 0.05) is 19.9 Å². The van der Waals surface area contributed by atoms with Crippen LogP contribution in [0.25, 0.3) is 0 Å². The number of aromatic hydroxyl groups is 1. The second kappa shape index (κ2) is 11.6. The third-order valence-electron chi connectivity index (χ3n) is 4.82. The molecule has 5 N–H and O–H groups in total. The Morgan fingerprint density at radius 1 is 0.935 bits per heavy atom.